The Morgan fingerprint density at radius 2 is 1.65 bits per heavy atom. The Morgan fingerprint density at radius 1 is 0.957 bits per heavy atom. The molecule has 0 aromatic heterocycles. The Bertz CT molecular complexity index is 719. The van der Waals surface area contributed by atoms with E-state index in [2.05, 4.69) is 18.8 Å². The van der Waals surface area contributed by atoms with E-state index in [0.717, 1.165) is 22.8 Å². The minimum atomic E-state index is -0.894. The highest BCUT2D eigenvalue weighted by Gasteiger charge is 2.03. The number of rotatable bonds is 7. The standard InChI is InChI=1S/C21H24O2/c1-2-3-4-5-6-7-8-9-10-17-11-12-19-16-20(21(22)23)14-13-18(19)15-17/h11-16H,2-8H2,1H3,(H,22,23). The van der Waals surface area contributed by atoms with Crippen LogP contribution in [0.25, 0.3) is 10.8 Å². The summed E-state index contributed by atoms with van der Waals surface area (Å²) in [5.74, 6) is 5.56. The van der Waals surface area contributed by atoms with Crippen LogP contribution in [0.15, 0.2) is 36.4 Å². The topological polar surface area (TPSA) is 37.3 Å². The van der Waals surface area contributed by atoms with Crippen molar-refractivity contribution in [2.75, 3.05) is 0 Å². The molecule has 0 aliphatic carbocycles. The van der Waals surface area contributed by atoms with Gasteiger partial charge in [0, 0.05) is 12.0 Å². The highest BCUT2D eigenvalue weighted by molar-refractivity contribution is 5.94. The van der Waals surface area contributed by atoms with Gasteiger partial charge >= 0.3 is 5.97 Å². The summed E-state index contributed by atoms with van der Waals surface area (Å²) in [6.45, 7) is 2.23. The van der Waals surface area contributed by atoms with Crippen molar-refractivity contribution >= 4 is 16.7 Å². The summed E-state index contributed by atoms with van der Waals surface area (Å²) in [5, 5.41) is 11.0. The van der Waals surface area contributed by atoms with Gasteiger partial charge in [0.05, 0.1) is 5.56 Å². The van der Waals surface area contributed by atoms with Gasteiger partial charge in [0.1, 0.15) is 0 Å². The molecule has 0 saturated carbocycles. The molecule has 0 unspecified atom stereocenters. The molecule has 1 N–H and O–H groups in total. The van der Waals surface area contributed by atoms with Gasteiger partial charge in [0.15, 0.2) is 0 Å². The zero-order valence-corrected chi connectivity index (χ0v) is 13.8. The molecule has 120 valence electrons. The molecule has 0 aliphatic rings. The lowest BCUT2D eigenvalue weighted by molar-refractivity contribution is 0.0697. The van der Waals surface area contributed by atoms with Gasteiger partial charge < -0.3 is 5.11 Å². The van der Waals surface area contributed by atoms with Crippen molar-refractivity contribution in [2.24, 2.45) is 0 Å². The Labute approximate surface area is 138 Å². The van der Waals surface area contributed by atoms with E-state index in [1.54, 1.807) is 12.1 Å². The minimum absolute atomic E-state index is 0.319. The first-order valence-electron chi connectivity index (χ1n) is 8.46. The zero-order chi connectivity index (χ0) is 16.5. The van der Waals surface area contributed by atoms with Crippen LogP contribution in [0, 0.1) is 11.8 Å². The fourth-order valence-electron chi connectivity index (χ4n) is 2.61. The lowest BCUT2D eigenvalue weighted by atomic mass is 10.0. The van der Waals surface area contributed by atoms with Gasteiger partial charge in [-0.1, -0.05) is 63.0 Å². The Hall–Kier alpha value is -2.27. The Morgan fingerprint density at radius 3 is 2.43 bits per heavy atom. The van der Waals surface area contributed by atoms with Crippen LogP contribution in [-0.2, 0) is 0 Å². The third kappa shape index (κ3) is 5.45. The predicted octanol–water partition coefficient (Wildman–Crippen LogP) is 5.64. The maximum Gasteiger partial charge on any atom is 0.335 e. The van der Waals surface area contributed by atoms with Crippen LogP contribution < -0.4 is 0 Å². The number of carboxylic acid groups (broad SMARTS) is 1. The van der Waals surface area contributed by atoms with Crippen LogP contribution in [-0.4, -0.2) is 11.1 Å². The summed E-state index contributed by atoms with van der Waals surface area (Å²) in [6.07, 6.45) is 8.67. The van der Waals surface area contributed by atoms with Crippen molar-refractivity contribution in [1.29, 1.82) is 0 Å². The largest absolute Gasteiger partial charge is 0.478 e. The molecular weight excluding hydrogens is 284 g/mol. The number of aromatic carboxylic acids is 1. The molecule has 23 heavy (non-hydrogen) atoms. The van der Waals surface area contributed by atoms with E-state index in [1.807, 2.05) is 24.3 Å². The van der Waals surface area contributed by atoms with Crippen molar-refractivity contribution in [3.05, 3.63) is 47.5 Å². The molecule has 2 aromatic rings. The third-order valence-corrected chi connectivity index (χ3v) is 3.98. The van der Waals surface area contributed by atoms with Crippen LogP contribution in [0.4, 0.5) is 0 Å². The summed E-state index contributed by atoms with van der Waals surface area (Å²) < 4.78 is 0. The van der Waals surface area contributed by atoms with E-state index in [-0.39, 0.29) is 0 Å². The SMILES string of the molecule is CCCCCCCCC#Cc1ccc2cc(C(=O)O)ccc2c1. The van der Waals surface area contributed by atoms with Gasteiger partial charge in [-0.15, -0.1) is 0 Å². The fraction of sp³-hybridized carbons (Fsp3) is 0.381. The average molecular weight is 308 g/mol. The summed E-state index contributed by atoms with van der Waals surface area (Å²) >= 11 is 0. The van der Waals surface area contributed by atoms with Crippen molar-refractivity contribution in [1.82, 2.24) is 0 Å². The number of unbranched alkanes of at least 4 members (excludes halogenated alkanes) is 6. The van der Waals surface area contributed by atoms with Crippen LogP contribution in [0.3, 0.4) is 0 Å². The smallest absolute Gasteiger partial charge is 0.335 e. The quantitative estimate of drug-likeness (QED) is 0.531. The lowest BCUT2D eigenvalue weighted by Crippen LogP contribution is -1.95. The predicted molar refractivity (Wildman–Crippen MR) is 95.8 cm³/mol. The van der Waals surface area contributed by atoms with Gasteiger partial charge in [-0.05, 0) is 41.5 Å². The van der Waals surface area contributed by atoms with Crippen LogP contribution in [0.5, 0.6) is 0 Å². The third-order valence-electron chi connectivity index (χ3n) is 3.98. The molecule has 0 bridgehead atoms. The minimum Gasteiger partial charge on any atom is -0.478 e. The summed E-state index contributed by atoms with van der Waals surface area (Å²) in [4.78, 5) is 11.0. The van der Waals surface area contributed by atoms with Gasteiger partial charge in [0.2, 0.25) is 0 Å². The molecular formula is C21H24O2. The first-order valence-corrected chi connectivity index (χ1v) is 8.46. The summed E-state index contributed by atoms with van der Waals surface area (Å²) in [7, 11) is 0. The Balaban J connectivity index is 1.90. The number of benzene rings is 2. The first kappa shape index (κ1) is 17.1. The second-order valence-electron chi connectivity index (χ2n) is 5.90. The molecule has 2 rings (SSSR count). The summed E-state index contributed by atoms with van der Waals surface area (Å²) in [5.41, 5.74) is 1.31. The molecule has 2 heteroatoms. The number of fused-ring (bicyclic) bond motifs is 1. The molecule has 2 aromatic carbocycles. The lowest BCUT2D eigenvalue weighted by Gasteiger charge is -2.00. The van der Waals surface area contributed by atoms with Crippen LogP contribution in [0.2, 0.25) is 0 Å². The average Bonchev–Trinajstić information content (AvgIpc) is 2.56. The number of carbonyl (C=O) groups is 1. The fourth-order valence-corrected chi connectivity index (χ4v) is 2.61. The van der Waals surface area contributed by atoms with Gasteiger partial charge in [-0.25, -0.2) is 4.79 Å². The van der Waals surface area contributed by atoms with E-state index < -0.39 is 5.97 Å². The number of carboxylic acids is 1. The molecule has 0 aliphatic heterocycles. The molecule has 0 spiro atoms. The second kappa shape index (κ2) is 9.00. The van der Waals surface area contributed by atoms with Crippen LogP contribution >= 0.6 is 0 Å². The molecule has 0 heterocycles. The van der Waals surface area contributed by atoms with Gasteiger partial charge in [-0.3, -0.25) is 0 Å². The Kier molecular flexibility index (Phi) is 6.69. The first-order chi connectivity index (χ1) is 11.2. The van der Waals surface area contributed by atoms with Crippen molar-refractivity contribution in [3.8, 4) is 11.8 Å². The molecule has 0 amide bonds. The van der Waals surface area contributed by atoms with E-state index in [0.29, 0.717) is 5.56 Å². The second-order valence-corrected chi connectivity index (χ2v) is 5.90. The maximum absolute atomic E-state index is 11.0. The van der Waals surface area contributed by atoms with Crippen molar-refractivity contribution in [2.45, 2.75) is 51.9 Å². The van der Waals surface area contributed by atoms with E-state index in [4.69, 9.17) is 5.11 Å². The number of hydrogen-bond donors (Lipinski definition) is 1. The maximum atomic E-state index is 11.0. The van der Waals surface area contributed by atoms with E-state index in [1.165, 1.54) is 38.5 Å². The summed E-state index contributed by atoms with van der Waals surface area (Å²) in [6, 6.07) is 11.1. The van der Waals surface area contributed by atoms with Crippen molar-refractivity contribution in [3.63, 3.8) is 0 Å². The van der Waals surface area contributed by atoms with Crippen molar-refractivity contribution < 1.29 is 9.90 Å². The van der Waals surface area contributed by atoms with Gasteiger partial charge in [-0.2, -0.15) is 0 Å². The molecule has 0 fully saturated rings. The van der Waals surface area contributed by atoms with E-state index in [9.17, 15) is 4.79 Å². The highest BCUT2D eigenvalue weighted by atomic mass is 16.4. The molecule has 0 radical (unpaired) electrons. The monoisotopic (exact) mass is 308 g/mol. The van der Waals surface area contributed by atoms with Gasteiger partial charge in [0.25, 0.3) is 0 Å². The normalized spacial score (nSPS) is 10.3. The van der Waals surface area contributed by atoms with Crippen LogP contribution in [0.1, 0.15) is 67.8 Å². The number of hydrogen-bond acceptors (Lipinski definition) is 1. The highest BCUT2D eigenvalue weighted by Crippen LogP contribution is 2.18. The van der Waals surface area contributed by atoms with E-state index >= 15 is 0 Å². The molecule has 0 atom stereocenters. The molecule has 2 nitrogen and oxygen atoms in total. The zero-order valence-electron chi connectivity index (χ0n) is 13.8. The molecule has 0 saturated heterocycles.